The van der Waals surface area contributed by atoms with E-state index < -0.39 is 0 Å². The van der Waals surface area contributed by atoms with Crippen molar-refractivity contribution in [2.75, 3.05) is 33.3 Å². The van der Waals surface area contributed by atoms with Gasteiger partial charge in [-0.3, -0.25) is 9.69 Å². The molecule has 2 heterocycles. The number of benzene rings is 1. The summed E-state index contributed by atoms with van der Waals surface area (Å²) in [6, 6.07) is 8.19. The average Bonchev–Trinajstić information content (AvgIpc) is 3.16. The van der Waals surface area contributed by atoms with Gasteiger partial charge in [0.1, 0.15) is 0 Å². The van der Waals surface area contributed by atoms with Crippen LogP contribution in [0.5, 0.6) is 0 Å². The summed E-state index contributed by atoms with van der Waals surface area (Å²) in [6.45, 7) is 5.12. The fourth-order valence-electron chi connectivity index (χ4n) is 3.88. The maximum Gasteiger partial charge on any atom is 0.253 e. The number of likely N-dealkylation sites (tertiary alicyclic amines) is 1. The zero-order valence-corrected chi connectivity index (χ0v) is 15.6. The maximum absolute atomic E-state index is 12.6. The Labute approximate surface area is 152 Å². The van der Waals surface area contributed by atoms with E-state index in [4.69, 9.17) is 4.74 Å². The summed E-state index contributed by atoms with van der Waals surface area (Å²) in [5, 5.41) is 0. The van der Waals surface area contributed by atoms with Gasteiger partial charge in [-0.25, -0.2) is 0 Å². The van der Waals surface area contributed by atoms with Crippen LogP contribution in [-0.4, -0.2) is 55.1 Å². The molecule has 4 nitrogen and oxygen atoms in total. The third-order valence-electron chi connectivity index (χ3n) is 5.45. The molecule has 0 aromatic heterocycles. The fraction of sp³-hybridized carbons (Fsp3) is 0.667. The van der Waals surface area contributed by atoms with Crippen molar-refractivity contribution >= 4 is 5.91 Å². The van der Waals surface area contributed by atoms with E-state index in [1.165, 1.54) is 50.8 Å². The number of carbonyl (C=O) groups excluding carboxylic acids is 1. The third-order valence-corrected chi connectivity index (χ3v) is 5.45. The lowest BCUT2D eigenvalue weighted by atomic mass is 10.1. The monoisotopic (exact) mass is 344 g/mol. The summed E-state index contributed by atoms with van der Waals surface area (Å²) in [6.07, 6.45) is 8.84. The van der Waals surface area contributed by atoms with Crippen LogP contribution < -0.4 is 0 Å². The predicted molar refractivity (Wildman–Crippen MR) is 101 cm³/mol. The largest absolute Gasteiger partial charge is 0.378 e. The first-order valence-electron chi connectivity index (χ1n) is 9.91. The highest BCUT2D eigenvalue weighted by Crippen LogP contribution is 2.17. The summed E-state index contributed by atoms with van der Waals surface area (Å²) in [4.78, 5) is 16.9. The quantitative estimate of drug-likeness (QED) is 0.756. The second-order valence-corrected chi connectivity index (χ2v) is 7.54. The molecule has 0 aliphatic carbocycles. The van der Waals surface area contributed by atoms with Gasteiger partial charge in [-0.2, -0.15) is 0 Å². The molecule has 2 saturated heterocycles. The molecule has 0 bridgehead atoms. The van der Waals surface area contributed by atoms with Gasteiger partial charge < -0.3 is 9.64 Å². The van der Waals surface area contributed by atoms with Gasteiger partial charge >= 0.3 is 0 Å². The van der Waals surface area contributed by atoms with Crippen molar-refractivity contribution in [1.82, 2.24) is 9.80 Å². The van der Waals surface area contributed by atoms with Crippen LogP contribution in [0.15, 0.2) is 24.3 Å². The van der Waals surface area contributed by atoms with E-state index in [0.717, 1.165) is 38.1 Å². The Morgan fingerprint density at radius 3 is 2.60 bits per heavy atom. The van der Waals surface area contributed by atoms with Crippen LogP contribution in [-0.2, 0) is 11.3 Å². The van der Waals surface area contributed by atoms with E-state index in [-0.39, 0.29) is 5.91 Å². The van der Waals surface area contributed by atoms with Crippen molar-refractivity contribution in [2.24, 2.45) is 0 Å². The van der Waals surface area contributed by atoms with E-state index in [2.05, 4.69) is 17.0 Å². The molecule has 25 heavy (non-hydrogen) atoms. The van der Waals surface area contributed by atoms with Crippen molar-refractivity contribution in [1.29, 1.82) is 0 Å². The second kappa shape index (κ2) is 9.35. The zero-order chi connectivity index (χ0) is 17.5. The molecule has 1 atom stereocenters. The lowest BCUT2D eigenvalue weighted by Crippen LogP contribution is -2.29. The SMILES string of the molecule is CN(CCCC1CCCO1)C(=O)c1ccc(CN2CCCCC2)cc1. The van der Waals surface area contributed by atoms with Gasteiger partial charge in [-0.15, -0.1) is 0 Å². The summed E-state index contributed by atoms with van der Waals surface area (Å²) < 4.78 is 5.65. The van der Waals surface area contributed by atoms with Crippen LogP contribution in [0.4, 0.5) is 0 Å². The van der Waals surface area contributed by atoms with Crippen molar-refractivity contribution in [3.05, 3.63) is 35.4 Å². The molecule has 1 amide bonds. The molecule has 1 aromatic rings. The maximum atomic E-state index is 12.6. The molecular formula is C21H32N2O2. The molecule has 3 rings (SSSR count). The van der Waals surface area contributed by atoms with Crippen LogP contribution >= 0.6 is 0 Å². The normalized spacial score (nSPS) is 21.4. The Morgan fingerprint density at radius 1 is 1.16 bits per heavy atom. The molecule has 138 valence electrons. The van der Waals surface area contributed by atoms with E-state index in [0.29, 0.717) is 6.10 Å². The fourth-order valence-corrected chi connectivity index (χ4v) is 3.88. The first kappa shape index (κ1) is 18.4. The number of amides is 1. The number of piperidine rings is 1. The highest BCUT2D eigenvalue weighted by atomic mass is 16.5. The standard InChI is InChI=1S/C21H32N2O2/c1-22(13-5-7-20-8-6-16-25-20)21(24)19-11-9-18(10-12-19)17-23-14-3-2-4-15-23/h9-12,20H,2-8,13-17H2,1H3. The first-order chi connectivity index (χ1) is 12.2. The number of carbonyl (C=O) groups is 1. The van der Waals surface area contributed by atoms with E-state index in [1.54, 1.807) is 0 Å². The van der Waals surface area contributed by atoms with Gasteiger partial charge in [0.2, 0.25) is 0 Å². The molecule has 1 aromatic carbocycles. The van der Waals surface area contributed by atoms with Gasteiger partial charge in [0.25, 0.3) is 5.91 Å². The molecule has 4 heteroatoms. The number of nitrogens with zero attached hydrogens (tertiary/aromatic N) is 2. The zero-order valence-electron chi connectivity index (χ0n) is 15.6. The van der Waals surface area contributed by atoms with Crippen LogP contribution in [0.1, 0.15) is 60.9 Å². The molecule has 0 N–H and O–H groups in total. The lowest BCUT2D eigenvalue weighted by Gasteiger charge is -2.26. The summed E-state index contributed by atoms with van der Waals surface area (Å²) >= 11 is 0. The molecule has 0 radical (unpaired) electrons. The molecular weight excluding hydrogens is 312 g/mol. The summed E-state index contributed by atoms with van der Waals surface area (Å²) in [5.74, 6) is 0.122. The van der Waals surface area contributed by atoms with Gasteiger partial charge in [0.05, 0.1) is 6.10 Å². The average molecular weight is 344 g/mol. The predicted octanol–water partition coefficient (Wildman–Crippen LogP) is 3.70. The van der Waals surface area contributed by atoms with Crippen LogP contribution in [0.2, 0.25) is 0 Å². The number of hydrogen-bond acceptors (Lipinski definition) is 3. The summed E-state index contributed by atoms with van der Waals surface area (Å²) in [5.41, 5.74) is 2.10. The van der Waals surface area contributed by atoms with Crippen molar-refractivity contribution < 1.29 is 9.53 Å². The Hall–Kier alpha value is -1.39. The number of rotatable bonds is 7. The molecule has 0 saturated carbocycles. The molecule has 1 unspecified atom stereocenters. The van der Waals surface area contributed by atoms with Gasteiger partial charge in [-0.1, -0.05) is 18.6 Å². The van der Waals surface area contributed by atoms with Crippen LogP contribution in [0, 0.1) is 0 Å². The van der Waals surface area contributed by atoms with Gasteiger partial charge in [0, 0.05) is 32.3 Å². The Morgan fingerprint density at radius 2 is 1.92 bits per heavy atom. The third kappa shape index (κ3) is 5.55. The van der Waals surface area contributed by atoms with Crippen molar-refractivity contribution in [3.8, 4) is 0 Å². The topological polar surface area (TPSA) is 32.8 Å². The minimum Gasteiger partial charge on any atom is -0.378 e. The lowest BCUT2D eigenvalue weighted by molar-refractivity contribution is 0.0763. The van der Waals surface area contributed by atoms with E-state index in [9.17, 15) is 4.79 Å². The molecule has 0 spiro atoms. The number of ether oxygens (including phenoxy) is 1. The van der Waals surface area contributed by atoms with Gasteiger partial charge in [-0.05, 0) is 69.3 Å². The van der Waals surface area contributed by atoms with Gasteiger partial charge in [0.15, 0.2) is 0 Å². The smallest absolute Gasteiger partial charge is 0.253 e. The first-order valence-corrected chi connectivity index (χ1v) is 9.91. The highest BCUT2D eigenvalue weighted by Gasteiger charge is 2.17. The Kier molecular flexibility index (Phi) is 6.88. The van der Waals surface area contributed by atoms with Crippen molar-refractivity contribution in [2.45, 2.75) is 57.6 Å². The minimum absolute atomic E-state index is 0.122. The Bertz CT molecular complexity index is 531. The minimum atomic E-state index is 0.122. The second-order valence-electron chi connectivity index (χ2n) is 7.54. The van der Waals surface area contributed by atoms with Crippen LogP contribution in [0.25, 0.3) is 0 Å². The van der Waals surface area contributed by atoms with Crippen molar-refractivity contribution in [3.63, 3.8) is 0 Å². The molecule has 2 aliphatic rings. The summed E-state index contributed by atoms with van der Waals surface area (Å²) in [7, 11) is 1.90. The van der Waals surface area contributed by atoms with E-state index in [1.807, 2.05) is 24.1 Å². The molecule has 2 aliphatic heterocycles. The highest BCUT2D eigenvalue weighted by molar-refractivity contribution is 5.94. The Balaban J connectivity index is 1.44. The van der Waals surface area contributed by atoms with E-state index >= 15 is 0 Å². The van der Waals surface area contributed by atoms with Crippen LogP contribution in [0.3, 0.4) is 0 Å². The number of hydrogen-bond donors (Lipinski definition) is 0. The molecule has 2 fully saturated rings.